The van der Waals surface area contributed by atoms with Crippen LogP contribution in [0.1, 0.15) is 6.92 Å². The number of rotatable bonds is 2. The number of aromatic nitrogens is 1. The summed E-state index contributed by atoms with van der Waals surface area (Å²) in [7, 11) is -4.09. The molecule has 2 heterocycles. The van der Waals surface area contributed by atoms with Gasteiger partial charge in [0, 0.05) is 19.3 Å². The highest BCUT2D eigenvalue weighted by Gasteiger charge is 2.37. The molecule has 2 rings (SSSR count). The molecule has 1 saturated heterocycles. The number of pyridine rings is 1. The number of amides is 1. The highest BCUT2D eigenvalue weighted by molar-refractivity contribution is 7.89. The molecule has 1 amide bonds. The first-order valence-electron chi connectivity index (χ1n) is 5.34. The summed E-state index contributed by atoms with van der Waals surface area (Å²) in [6.07, 6.45) is 1.20. The van der Waals surface area contributed by atoms with Gasteiger partial charge in [-0.1, -0.05) is 0 Å². The Hall–Kier alpha value is -1.54. The smallest absolute Gasteiger partial charge is 0.264 e. The van der Waals surface area contributed by atoms with Crippen molar-refractivity contribution in [2.45, 2.75) is 18.0 Å². The van der Waals surface area contributed by atoms with E-state index in [9.17, 15) is 17.6 Å². The fraction of sp³-hybridized carbons (Fsp3) is 0.400. The highest BCUT2D eigenvalue weighted by atomic mass is 32.2. The summed E-state index contributed by atoms with van der Waals surface area (Å²) >= 11 is 0. The minimum atomic E-state index is -4.09. The Balaban J connectivity index is 2.43. The molecule has 1 unspecified atom stereocenters. The molecular weight excluding hydrogens is 261 g/mol. The summed E-state index contributed by atoms with van der Waals surface area (Å²) in [5.74, 6) is -1.32. The first kappa shape index (κ1) is 12.9. The van der Waals surface area contributed by atoms with Crippen molar-refractivity contribution < 1.29 is 17.6 Å². The molecule has 8 heteroatoms. The Morgan fingerprint density at radius 1 is 1.56 bits per heavy atom. The van der Waals surface area contributed by atoms with Gasteiger partial charge in [-0.05, 0) is 19.1 Å². The van der Waals surface area contributed by atoms with Crippen LogP contribution in [0.2, 0.25) is 0 Å². The molecule has 0 spiro atoms. The van der Waals surface area contributed by atoms with E-state index in [2.05, 4.69) is 10.3 Å². The van der Waals surface area contributed by atoms with Crippen molar-refractivity contribution in [3.05, 3.63) is 24.1 Å². The summed E-state index contributed by atoms with van der Waals surface area (Å²) in [5.41, 5.74) is 0. The zero-order chi connectivity index (χ0) is 13.3. The Morgan fingerprint density at radius 3 is 2.94 bits per heavy atom. The molecule has 18 heavy (non-hydrogen) atoms. The molecule has 1 aliphatic rings. The quantitative estimate of drug-likeness (QED) is 0.804. The van der Waals surface area contributed by atoms with Gasteiger partial charge in [-0.25, -0.2) is 17.8 Å². The van der Waals surface area contributed by atoms with Crippen molar-refractivity contribution in [2.24, 2.45) is 0 Å². The van der Waals surface area contributed by atoms with Crippen molar-refractivity contribution in [1.29, 1.82) is 0 Å². The van der Waals surface area contributed by atoms with Crippen molar-refractivity contribution in [2.75, 3.05) is 13.1 Å². The van der Waals surface area contributed by atoms with E-state index >= 15 is 0 Å². The topological polar surface area (TPSA) is 79.4 Å². The van der Waals surface area contributed by atoms with Crippen molar-refractivity contribution in [3.63, 3.8) is 0 Å². The maximum absolute atomic E-state index is 13.5. The monoisotopic (exact) mass is 273 g/mol. The molecule has 98 valence electrons. The number of piperazine rings is 1. The summed E-state index contributed by atoms with van der Waals surface area (Å²) in [4.78, 5) is 15.0. The predicted molar refractivity (Wildman–Crippen MR) is 60.6 cm³/mol. The third-order valence-electron chi connectivity index (χ3n) is 2.72. The maximum atomic E-state index is 13.5. The van der Waals surface area contributed by atoms with E-state index in [1.807, 2.05) is 0 Å². The van der Waals surface area contributed by atoms with E-state index < -0.39 is 32.8 Å². The summed E-state index contributed by atoms with van der Waals surface area (Å²) < 4.78 is 38.9. The number of sulfonamides is 1. The average molecular weight is 273 g/mol. The molecule has 0 aliphatic carbocycles. The van der Waals surface area contributed by atoms with Gasteiger partial charge in [0.2, 0.25) is 10.9 Å². The van der Waals surface area contributed by atoms with Gasteiger partial charge in [-0.3, -0.25) is 4.79 Å². The van der Waals surface area contributed by atoms with Crippen LogP contribution in [0.5, 0.6) is 0 Å². The van der Waals surface area contributed by atoms with Crippen LogP contribution in [0.4, 0.5) is 4.39 Å². The fourth-order valence-corrected chi connectivity index (χ4v) is 3.34. The largest absolute Gasteiger partial charge is 0.353 e. The third-order valence-corrected chi connectivity index (χ3v) is 4.63. The maximum Gasteiger partial charge on any atom is 0.264 e. The number of halogens is 1. The highest BCUT2D eigenvalue weighted by Crippen LogP contribution is 2.19. The lowest BCUT2D eigenvalue weighted by molar-refractivity contribution is -0.126. The molecule has 0 saturated carbocycles. The molecule has 1 fully saturated rings. The van der Waals surface area contributed by atoms with Crippen LogP contribution >= 0.6 is 0 Å². The van der Waals surface area contributed by atoms with Crippen LogP contribution in [0.15, 0.2) is 23.4 Å². The lowest BCUT2D eigenvalue weighted by atomic mass is 10.2. The first-order chi connectivity index (χ1) is 8.44. The standard InChI is InChI=1S/C10H12FN3O3S/c1-7-9(15)12-5-6-14(7)18(16,17)10-8(11)3-2-4-13-10/h2-4,7H,5-6H2,1H3,(H,12,15). The second-order valence-corrected chi connectivity index (χ2v) is 5.68. The molecular formula is C10H12FN3O3S. The Morgan fingerprint density at radius 2 is 2.28 bits per heavy atom. The van der Waals surface area contributed by atoms with Crippen LogP contribution in [0.3, 0.4) is 0 Å². The van der Waals surface area contributed by atoms with Gasteiger partial charge in [0.25, 0.3) is 10.0 Å². The van der Waals surface area contributed by atoms with E-state index in [1.54, 1.807) is 0 Å². The Bertz CT molecular complexity index is 575. The lowest BCUT2D eigenvalue weighted by Gasteiger charge is -2.31. The molecule has 0 aromatic carbocycles. The minimum Gasteiger partial charge on any atom is -0.353 e. The van der Waals surface area contributed by atoms with Gasteiger partial charge < -0.3 is 5.32 Å². The number of hydrogen-bond acceptors (Lipinski definition) is 4. The van der Waals surface area contributed by atoms with Crippen LogP contribution in [-0.4, -0.2) is 42.7 Å². The second kappa shape index (κ2) is 4.62. The Labute approximate surface area is 104 Å². The normalized spacial score (nSPS) is 21.7. The third kappa shape index (κ3) is 2.08. The number of nitrogens with one attached hydrogen (secondary N) is 1. The van der Waals surface area contributed by atoms with Gasteiger partial charge >= 0.3 is 0 Å². The molecule has 6 nitrogen and oxygen atoms in total. The number of carbonyl (C=O) groups excluding carboxylic acids is 1. The number of nitrogens with zero attached hydrogens (tertiary/aromatic N) is 2. The molecule has 1 atom stereocenters. The molecule has 1 aromatic rings. The van der Waals surface area contributed by atoms with Crippen LogP contribution in [0.25, 0.3) is 0 Å². The SMILES string of the molecule is CC1C(=O)NCCN1S(=O)(=O)c1ncccc1F. The molecule has 1 aromatic heterocycles. The predicted octanol–water partition coefficient (Wildman–Crippen LogP) is -0.270. The number of carbonyl (C=O) groups is 1. The zero-order valence-corrected chi connectivity index (χ0v) is 10.4. The van der Waals surface area contributed by atoms with E-state index in [0.717, 1.165) is 10.4 Å². The average Bonchev–Trinajstić information content (AvgIpc) is 2.32. The fourth-order valence-electron chi connectivity index (χ4n) is 1.76. The van der Waals surface area contributed by atoms with Gasteiger partial charge in [-0.2, -0.15) is 4.31 Å². The molecule has 1 N–H and O–H groups in total. The van der Waals surface area contributed by atoms with Crippen LogP contribution in [-0.2, 0) is 14.8 Å². The van der Waals surface area contributed by atoms with E-state index in [-0.39, 0.29) is 13.1 Å². The summed E-state index contributed by atoms with van der Waals surface area (Å²) in [6, 6.07) is 1.46. The second-order valence-electron chi connectivity index (χ2n) is 3.87. The zero-order valence-electron chi connectivity index (χ0n) is 9.63. The minimum absolute atomic E-state index is 0.102. The molecule has 0 radical (unpaired) electrons. The van der Waals surface area contributed by atoms with E-state index in [4.69, 9.17) is 0 Å². The van der Waals surface area contributed by atoms with Gasteiger partial charge in [-0.15, -0.1) is 0 Å². The van der Waals surface area contributed by atoms with Gasteiger partial charge in [0.15, 0.2) is 5.82 Å². The van der Waals surface area contributed by atoms with Crippen molar-refractivity contribution >= 4 is 15.9 Å². The number of hydrogen-bond donors (Lipinski definition) is 1. The van der Waals surface area contributed by atoms with E-state index in [1.165, 1.54) is 19.2 Å². The summed E-state index contributed by atoms with van der Waals surface area (Å²) in [5, 5.41) is 1.89. The summed E-state index contributed by atoms with van der Waals surface area (Å²) in [6.45, 7) is 1.76. The van der Waals surface area contributed by atoms with Crippen LogP contribution < -0.4 is 5.32 Å². The van der Waals surface area contributed by atoms with Gasteiger partial charge in [0.05, 0.1) is 0 Å². The van der Waals surface area contributed by atoms with E-state index in [0.29, 0.717) is 0 Å². The van der Waals surface area contributed by atoms with Gasteiger partial charge in [0.1, 0.15) is 6.04 Å². The first-order valence-corrected chi connectivity index (χ1v) is 6.78. The van der Waals surface area contributed by atoms with Crippen molar-refractivity contribution in [1.82, 2.24) is 14.6 Å². The van der Waals surface area contributed by atoms with Crippen LogP contribution in [0, 0.1) is 5.82 Å². The lowest BCUT2D eigenvalue weighted by Crippen LogP contribution is -2.55. The van der Waals surface area contributed by atoms with Crippen molar-refractivity contribution in [3.8, 4) is 0 Å². The molecule has 0 bridgehead atoms. The molecule has 1 aliphatic heterocycles. The Kier molecular flexibility index (Phi) is 3.31.